The van der Waals surface area contributed by atoms with E-state index in [1.54, 1.807) is 27.3 Å². The monoisotopic (exact) mass is 716 g/mol. The number of ether oxygens (including phenoxy) is 2. The molecule has 2 aliphatic rings. The van der Waals surface area contributed by atoms with Crippen molar-refractivity contribution >= 4 is 35.0 Å². The van der Waals surface area contributed by atoms with Gasteiger partial charge in [0.15, 0.2) is 0 Å². The van der Waals surface area contributed by atoms with E-state index in [-0.39, 0.29) is 17.9 Å². The molecule has 10 nitrogen and oxygen atoms in total. The number of nitrogens with zero attached hydrogens (tertiary/aromatic N) is 3. The molecule has 2 aromatic heterocycles. The minimum Gasteiger partial charge on any atom is -0.496 e. The third-order valence-electron chi connectivity index (χ3n) is 9.52. The van der Waals surface area contributed by atoms with Gasteiger partial charge in [0, 0.05) is 97.7 Å². The maximum Gasteiger partial charge on any atom is 0.220 e. The van der Waals surface area contributed by atoms with Crippen LogP contribution in [-0.4, -0.2) is 72.6 Å². The Morgan fingerprint density at radius 3 is 2.34 bits per heavy atom. The van der Waals surface area contributed by atoms with Gasteiger partial charge in [-0.15, -0.1) is 0 Å². The topological polar surface area (TPSA) is 118 Å². The molecular formula is C38H42Cl2N6O4. The number of carbonyl (C=O) groups excluding carboxylic acids is 2. The van der Waals surface area contributed by atoms with Gasteiger partial charge in [-0.1, -0.05) is 59.6 Å². The predicted molar refractivity (Wildman–Crippen MR) is 196 cm³/mol. The molecule has 1 atom stereocenters. The van der Waals surface area contributed by atoms with Gasteiger partial charge in [-0.25, -0.2) is 4.98 Å². The van der Waals surface area contributed by atoms with Crippen molar-refractivity contribution in [1.29, 1.82) is 0 Å². The Labute approximate surface area is 302 Å². The van der Waals surface area contributed by atoms with E-state index < -0.39 is 0 Å². The number of rotatable bonds is 11. The summed E-state index contributed by atoms with van der Waals surface area (Å²) in [5, 5.41) is 11.0. The van der Waals surface area contributed by atoms with Crippen molar-refractivity contribution in [3.63, 3.8) is 0 Å². The van der Waals surface area contributed by atoms with Crippen LogP contribution >= 0.6 is 23.2 Å². The van der Waals surface area contributed by atoms with Crippen molar-refractivity contribution in [3.05, 3.63) is 82.0 Å². The van der Waals surface area contributed by atoms with E-state index in [4.69, 9.17) is 37.7 Å². The molecule has 2 aromatic carbocycles. The smallest absolute Gasteiger partial charge is 0.220 e. The third-order valence-corrected chi connectivity index (χ3v) is 10.3. The first kappa shape index (κ1) is 35.6. The standard InChI is InChI=1S/C38H42Cl2N6O4/c1-23(47)46-17-14-27(15-18-46)42-20-25-8-7-24(19-33(25)49-2)37-36(40)30(13-16-41-37)29-5-4-6-31(35(29)39)32-11-9-26(38(45-32)50-3)21-43-28-10-12-34(48)44-22-28/h4-9,11,13,16,19,27-28,42-43H,10,12,14-15,17-18,20-22H2,1-3H3,(H,44,48)/t28-/m1/s1. The van der Waals surface area contributed by atoms with E-state index in [0.29, 0.717) is 59.4 Å². The molecule has 0 saturated carbocycles. The number of aromatic nitrogens is 2. The number of carbonyl (C=O) groups is 2. The summed E-state index contributed by atoms with van der Waals surface area (Å²) in [6.07, 6.45) is 4.89. The number of benzene rings is 2. The summed E-state index contributed by atoms with van der Waals surface area (Å²) in [7, 11) is 3.26. The Bertz CT molecular complexity index is 1850. The molecule has 2 fully saturated rings. The molecule has 0 spiro atoms. The second kappa shape index (κ2) is 16.2. The first-order valence-electron chi connectivity index (χ1n) is 16.9. The molecule has 6 rings (SSSR count). The number of hydrogen-bond donors (Lipinski definition) is 3. The van der Waals surface area contributed by atoms with Gasteiger partial charge in [0.1, 0.15) is 5.75 Å². The summed E-state index contributed by atoms with van der Waals surface area (Å²) in [6.45, 7) is 4.98. The molecule has 262 valence electrons. The summed E-state index contributed by atoms with van der Waals surface area (Å²) in [6, 6.07) is 18.1. The fraction of sp³-hybridized carbons (Fsp3) is 0.368. The number of pyridine rings is 2. The van der Waals surface area contributed by atoms with Crippen molar-refractivity contribution < 1.29 is 19.1 Å². The summed E-state index contributed by atoms with van der Waals surface area (Å²) in [5.41, 5.74) is 6.31. The molecule has 2 aliphatic heterocycles. The van der Waals surface area contributed by atoms with E-state index in [0.717, 1.165) is 71.5 Å². The Morgan fingerprint density at radius 2 is 1.62 bits per heavy atom. The van der Waals surface area contributed by atoms with Crippen LogP contribution in [0.5, 0.6) is 11.6 Å². The van der Waals surface area contributed by atoms with Gasteiger partial charge in [-0.2, -0.15) is 0 Å². The SMILES string of the molecule is COc1cc(-c2nccc(-c3cccc(-c4ccc(CN[C@@H]5CCC(=O)NC5)c(OC)n4)c3Cl)c2Cl)ccc1CNC1CCN(C(C)=O)CC1. The molecule has 2 saturated heterocycles. The number of methoxy groups -OCH3 is 2. The van der Waals surface area contributed by atoms with Crippen LogP contribution in [0, 0.1) is 0 Å². The zero-order valence-corrected chi connectivity index (χ0v) is 30.0. The maximum atomic E-state index is 11.7. The fourth-order valence-corrected chi connectivity index (χ4v) is 7.22. The molecule has 2 amide bonds. The first-order chi connectivity index (χ1) is 24.2. The lowest BCUT2D eigenvalue weighted by molar-refractivity contribution is -0.130. The van der Waals surface area contributed by atoms with Gasteiger partial charge in [0.25, 0.3) is 0 Å². The zero-order chi connectivity index (χ0) is 35.2. The molecule has 0 radical (unpaired) electrons. The predicted octanol–water partition coefficient (Wildman–Crippen LogP) is 6.27. The van der Waals surface area contributed by atoms with Crippen LogP contribution in [0.2, 0.25) is 10.0 Å². The average Bonchev–Trinajstić information content (AvgIpc) is 3.14. The van der Waals surface area contributed by atoms with E-state index in [9.17, 15) is 9.59 Å². The van der Waals surface area contributed by atoms with E-state index in [2.05, 4.69) is 20.9 Å². The lowest BCUT2D eigenvalue weighted by Gasteiger charge is -2.32. The van der Waals surface area contributed by atoms with Crippen LogP contribution in [0.4, 0.5) is 0 Å². The molecule has 4 heterocycles. The highest BCUT2D eigenvalue weighted by molar-refractivity contribution is 6.39. The minimum absolute atomic E-state index is 0.0910. The second-order valence-electron chi connectivity index (χ2n) is 12.7. The van der Waals surface area contributed by atoms with Gasteiger partial charge in [-0.05, 0) is 37.5 Å². The number of nitrogens with one attached hydrogen (secondary N) is 3. The van der Waals surface area contributed by atoms with Crippen LogP contribution in [0.3, 0.4) is 0 Å². The highest BCUT2D eigenvalue weighted by Gasteiger charge is 2.22. The maximum absolute atomic E-state index is 11.7. The number of amides is 2. The van der Waals surface area contributed by atoms with Crippen molar-refractivity contribution in [2.45, 2.75) is 57.8 Å². The molecule has 0 bridgehead atoms. The van der Waals surface area contributed by atoms with Gasteiger partial charge in [0.05, 0.1) is 35.7 Å². The molecular weight excluding hydrogens is 675 g/mol. The molecule has 0 aliphatic carbocycles. The van der Waals surface area contributed by atoms with Crippen LogP contribution in [0.15, 0.2) is 60.8 Å². The Balaban J connectivity index is 1.20. The van der Waals surface area contributed by atoms with Crippen molar-refractivity contribution in [2.75, 3.05) is 33.9 Å². The lowest BCUT2D eigenvalue weighted by Crippen LogP contribution is -2.45. The summed E-state index contributed by atoms with van der Waals surface area (Å²) < 4.78 is 11.5. The Kier molecular flexibility index (Phi) is 11.5. The van der Waals surface area contributed by atoms with Crippen LogP contribution < -0.4 is 25.4 Å². The summed E-state index contributed by atoms with van der Waals surface area (Å²) in [4.78, 5) is 34.5. The van der Waals surface area contributed by atoms with Crippen LogP contribution in [0.25, 0.3) is 33.6 Å². The zero-order valence-electron chi connectivity index (χ0n) is 28.5. The van der Waals surface area contributed by atoms with Gasteiger partial charge < -0.3 is 30.3 Å². The second-order valence-corrected chi connectivity index (χ2v) is 13.4. The summed E-state index contributed by atoms with van der Waals surface area (Å²) in [5.74, 6) is 1.47. The third kappa shape index (κ3) is 8.05. The van der Waals surface area contributed by atoms with Crippen molar-refractivity contribution in [3.8, 4) is 45.3 Å². The molecule has 4 aromatic rings. The molecule has 50 heavy (non-hydrogen) atoms. The normalized spacial score (nSPS) is 16.6. The first-order valence-corrected chi connectivity index (χ1v) is 17.6. The number of hydrogen-bond acceptors (Lipinski definition) is 8. The quantitative estimate of drug-likeness (QED) is 0.166. The lowest BCUT2D eigenvalue weighted by atomic mass is 9.99. The molecule has 3 N–H and O–H groups in total. The number of likely N-dealkylation sites (tertiary alicyclic amines) is 1. The van der Waals surface area contributed by atoms with Crippen LogP contribution in [0.1, 0.15) is 43.7 Å². The van der Waals surface area contributed by atoms with Crippen LogP contribution in [-0.2, 0) is 22.7 Å². The van der Waals surface area contributed by atoms with Gasteiger partial charge in [-0.3, -0.25) is 14.6 Å². The number of halogens is 2. The van der Waals surface area contributed by atoms with E-state index in [1.807, 2.05) is 59.5 Å². The van der Waals surface area contributed by atoms with Gasteiger partial charge in [0.2, 0.25) is 17.7 Å². The van der Waals surface area contributed by atoms with Crippen molar-refractivity contribution in [1.82, 2.24) is 30.8 Å². The summed E-state index contributed by atoms with van der Waals surface area (Å²) >= 11 is 14.2. The Morgan fingerprint density at radius 1 is 0.900 bits per heavy atom. The van der Waals surface area contributed by atoms with E-state index >= 15 is 0 Å². The fourth-order valence-electron chi connectivity index (χ4n) is 6.57. The largest absolute Gasteiger partial charge is 0.496 e. The number of piperidine rings is 2. The molecule has 0 unspecified atom stereocenters. The average molecular weight is 718 g/mol. The van der Waals surface area contributed by atoms with Crippen molar-refractivity contribution in [2.24, 2.45) is 0 Å². The van der Waals surface area contributed by atoms with E-state index in [1.165, 1.54) is 0 Å². The highest BCUT2D eigenvalue weighted by atomic mass is 35.5. The van der Waals surface area contributed by atoms with Gasteiger partial charge >= 0.3 is 0 Å². The molecule has 12 heteroatoms. The highest BCUT2D eigenvalue weighted by Crippen LogP contribution is 2.42. The minimum atomic E-state index is 0.0910. The Hall–Kier alpha value is -4.22.